The smallest absolute Gasteiger partial charge is 0.251 e. The van der Waals surface area contributed by atoms with Crippen LogP contribution in [0.15, 0.2) is 53.7 Å². The molecule has 34 heavy (non-hydrogen) atoms. The Morgan fingerprint density at radius 2 is 1.76 bits per heavy atom. The number of benzene rings is 2. The molecule has 1 aromatic heterocycles. The molecule has 3 aromatic rings. The first kappa shape index (κ1) is 25.3. The highest BCUT2D eigenvalue weighted by atomic mass is 32.2. The highest BCUT2D eigenvalue weighted by Crippen LogP contribution is 2.25. The lowest BCUT2D eigenvalue weighted by Gasteiger charge is -2.15. The van der Waals surface area contributed by atoms with Gasteiger partial charge < -0.3 is 19.9 Å². The minimum absolute atomic E-state index is 0.105. The van der Waals surface area contributed by atoms with E-state index in [1.165, 1.54) is 11.8 Å². The van der Waals surface area contributed by atoms with Gasteiger partial charge in [-0.1, -0.05) is 43.8 Å². The fraction of sp³-hybridized carbons (Fsp3) is 0.360. The van der Waals surface area contributed by atoms with E-state index in [-0.39, 0.29) is 23.6 Å². The van der Waals surface area contributed by atoms with Crippen molar-refractivity contribution in [2.75, 3.05) is 18.2 Å². The van der Waals surface area contributed by atoms with Crippen molar-refractivity contribution in [3.8, 4) is 5.75 Å². The molecular formula is C25H31N5O3S. The van der Waals surface area contributed by atoms with E-state index in [0.29, 0.717) is 34.8 Å². The van der Waals surface area contributed by atoms with Crippen molar-refractivity contribution in [2.24, 2.45) is 0 Å². The molecule has 0 aliphatic rings. The summed E-state index contributed by atoms with van der Waals surface area (Å²) in [5.41, 5.74) is 2.46. The van der Waals surface area contributed by atoms with E-state index in [1.54, 1.807) is 31.4 Å². The van der Waals surface area contributed by atoms with E-state index in [1.807, 2.05) is 42.7 Å². The van der Waals surface area contributed by atoms with Crippen molar-refractivity contribution in [1.82, 2.24) is 20.1 Å². The summed E-state index contributed by atoms with van der Waals surface area (Å²) in [7, 11) is 1.58. The Balaban J connectivity index is 1.63. The zero-order valence-electron chi connectivity index (χ0n) is 20.2. The van der Waals surface area contributed by atoms with Crippen molar-refractivity contribution in [1.29, 1.82) is 0 Å². The molecule has 1 heterocycles. The molecule has 2 aromatic carbocycles. The molecule has 0 bridgehead atoms. The van der Waals surface area contributed by atoms with Crippen LogP contribution in [0.2, 0.25) is 0 Å². The predicted octanol–water partition coefficient (Wildman–Crippen LogP) is 4.65. The van der Waals surface area contributed by atoms with Gasteiger partial charge in [0.1, 0.15) is 5.75 Å². The Hall–Kier alpha value is -3.33. The van der Waals surface area contributed by atoms with Crippen molar-refractivity contribution >= 4 is 29.3 Å². The Bertz CT molecular complexity index is 1130. The molecule has 0 fully saturated rings. The van der Waals surface area contributed by atoms with Gasteiger partial charge in [0, 0.05) is 17.8 Å². The molecule has 8 nitrogen and oxygen atoms in total. The molecule has 0 radical (unpaired) electrons. The molecule has 2 amide bonds. The van der Waals surface area contributed by atoms with E-state index >= 15 is 0 Å². The van der Waals surface area contributed by atoms with Crippen LogP contribution in [0.25, 0.3) is 0 Å². The predicted molar refractivity (Wildman–Crippen MR) is 134 cm³/mol. The second-order valence-electron chi connectivity index (χ2n) is 8.09. The van der Waals surface area contributed by atoms with Crippen LogP contribution in [0, 0.1) is 0 Å². The summed E-state index contributed by atoms with van der Waals surface area (Å²) in [6.45, 7) is 8.65. The third-order valence-corrected chi connectivity index (χ3v) is 6.30. The third-order valence-electron chi connectivity index (χ3n) is 5.34. The fourth-order valence-corrected chi connectivity index (χ4v) is 4.35. The molecule has 0 aliphatic carbocycles. The molecule has 0 spiro atoms. The van der Waals surface area contributed by atoms with Gasteiger partial charge in [0.05, 0.1) is 18.9 Å². The van der Waals surface area contributed by atoms with E-state index in [2.05, 4.69) is 34.7 Å². The number of ether oxygens (including phenoxy) is 1. The second-order valence-corrected chi connectivity index (χ2v) is 9.03. The van der Waals surface area contributed by atoms with Crippen LogP contribution >= 0.6 is 11.8 Å². The number of thioether (sulfide) groups is 1. The molecule has 3 rings (SSSR count). The number of anilines is 1. The number of carbonyl (C=O) groups is 2. The van der Waals surface area contributed by atoms with Gasteiger partial charge in [-0.3, -0.25) is 9.59 Å². The molecule has 0 aliphatic heterocycles. The van der Waals surface area contributed by atoms with Crippen LogP contribution in [0.1, 0.15) is 61.4 Å². The maximum Gasteiger partial charge on any atom is 0.251 e. The van der Waals surface area contributed by atoms with Crippen molar-refractivity contribution in [2.45, 2.75) is 51.4 Å². The van der Waals surface area contributed by atoms with Gasteiger partial charge in [0.25, 0.3) is 5.91 Å². The molecule has 0 saturated carbocycles. The number of carbonyl (C=O) groups excluding carboxylic acids is 2. The Labute approximate surface area is 204 Å². The number of nitrogens with one attached hydrogen (secondary N) is 2. The van der Waals surface area contributed by atoms with E-state index in [0.717, 1.165) is 11.3 Å². The van der Waals surface area contributed by atoms with E-state index in [4.69, 9.17) is 4.74 Å². The monoisotopic (exact) mass is 481 g/mol. The Kier molecular flexibility index (Phi) is 8.70. The minimum atomic E-state index is -0.358. The number of para-hydroxylation sites is 1. The first-order valence-corrected chi connectivity index (χ1v) is 12.2. The summed E-state index contributed by atoms with van der Waals surface area (Å²) >= 11 is 1.32. The van der Waals surface area contributed by atoms with Crippen LogP contribution in [-0.4, -0.2) is 39.4 Å². The van der Waals surface area contributed by atoms with Gasteiger partial charge >= 0.3 is 0 Å². The summed E-state index contributed by atoms with van der Waals surface area (Å²) in [4.78, 5) is 25.2. The van der Waals surface area contributed by atoms with Crippen LogP contribution in [0.4, 0.5) is 5.69 Å². The van der Waals surface area contributed by atoms with Crippen molar-refractivity contribution in [3.63, 3.8) is 0 Å². The van der Waals surface area contributed by atoms with Gasteiger partial charge in [-0.25, -0.2) is 0 Å². The molecule has 0 unspecified atom stereocenters. The highest BCUT2D eigenvalue weighted by molar-refractivity contribution is 7.99. The summed E-state index contributed by atoms with van der Waals surface area (Å²) in [6, 6.07) is 14.4. The zero-order chi connectivity index (χ0) is 24.7. The van der Waals surface area contributed by atoms with Gasteiger partial charge in [-0.05, 0) is 55.7 Å². The molecule has 2 N–H and O–H groups in total. The maximum atomic E-state index is 12.6. The first-order chi connectivity index (χ1) is 16.3. The Morgan fingerprint density at radius 1 is 1.06 bits per heavy atom. The minimum Gasteiger partial charge on any atom is -0.497 e. The van der Waals surface area contributed by atoms with E-state index < -0.39 is 0 Å². The molecule has 9 heteroatoms. The maximum absolute atomic E-state index is 12.6. The summed E-state index contributed by atoms with van der Waals surface area (Å²) < 4.78 is 7.05. The van der Waals surface area contributed by atoms with Gasteiger partial charge in [0.15, 0.2) is 11.0 Å². The number of hydrogen-bond donors (Lipinski definition) is 2. The summed E-state index contributed by atoms with van der Waals surface area (Å²) in [5.74, 6) is 1.52. The summed E-state index contributed by atoms with van der Waals surface area (Å²) in [6.07, 6.45) is 0. The lowest BCUT2D eigenvalue weighted by atomic mass is 10.0. The fourth-order valence-electron chi connectivity index (χ4n) is 3.54. The lowest BCUT2D eigenvalue weighted by molar-refractivity contribution is -0.113. The number of hydrogen-bond acceptors (Lipinski definition) is 6. The van der Waals surface area contributed by atoms with Gasteiger partial charge in [0.2, 0.25) is 5.91 Å². The van der Waals surface area contributed by atoms with Crippen molar-refractivity contribution < 1.29 is 14.3 Å². The largest absolute Gasteiger partial charge is 0.497 e. The average Bonchev–Trinajstić information content (AvgIpc) is 3.26. The quantitative estimate of drug-likeness (QED) is 0.409. The average molecular weight is 482 g/mol. The lowest BCUT2D eigenvalue weighted by Crippen LogP contribution is -2.28. The van der Waals surface area contributed by atoms with Gasteiger partial charge in [-0.2, -0.15) is 0 Å². The number of nitrogens with zero attached hydrogens (tertiary/aromatic N) is 3. The highest BCUT2D eigenvalue weighted by Gasteiger charge is 2.20. The number of methoxy groups -OCH3 is 1. The molecular weight excluding hydrogens is 450 g/mol. The van der Waals surface area contributed by atoms with Gasteiger partial charge in [-0.15, -0.1) is 10.2 Å². The van der Waals surface area contributed by atoms with Crippen molar-refractivity contribution in [3.05, 3.63) is 65.5 Å². The topological polar surface area (TPSA) is 98.1 Å². The van der Waals surface area contributed by atoms with Crippen LogP contribution in [-0.2, 0) is 11.3 Å². The zero-order valence-corrected chi connectivity index (χ0v) is 21.0. The standard InChI is InChI=1S/C25H31N5O3S/c1-6-30-23(17(4)26-24(32)18-11-13-19(33-5)14-12-18)28-29-25(30)34-15-22(31)27-21-10-8-7-9-20(21)16(2)3/h7-14,16-17H,6,15H2,1-5H3,(H,26,32)(H,27,31)/t17-/m0/s1. The summed E-state index contributed by atoms with van der Waals surface area (Å²) in [5, 5.41) is 15.1. The van der Waals surface area contributed by atoms with Crippen LogP contribution in [0.5, 0.6) is 5.75 Å². The third kappa shape index (κ3) is 6.17. The molecule has 180 valence electrons. The number of amides is 2. The normalized spacial score (nSPS) is 11.8. The Morgan fingerprint density at radius 3 is 2.41 bits per heavy atom. The van der Waals surface area contributed by atoms with Crippen LogP contribution in [0.3, 0.4) is 0 Å². The second kappa shape index (κ2) is 11.7. The number of rotatable bonds is 10. The van der Waals surface area contributed by atoms with E-state index in [9.17, 15) is 9.59 Å². The number of aromatic nitrogens is 3. The van der Waals surface area contributed by atoms with Crippen LogP contribution < -0.4 is 15.4 Å². The SMILES string of the molecule is CCn1c(SCC(=O)Nc2ccccc2C(C)C)nnc1[C@H](C)NC(=O)c1ccc(OC)cc1. The molecule has 0 saturated heterocycles. The first-order valence-electron chi connectivity index (χ1n) is 11.2. The molecule has 1 atom stereocenters.